The lowest BCUT2D eigenvalue weighted by Gasteiger charge is -2.43. The van der Waals surface area contributed by atoms with Gasteiger partial charge in [0.1, 0.15) is 5.60 Å². The maximum Gasteiger partial charge on any atom is 0.339 e. The molecule has 2 atom stereocenters. The molecule has 4 heteroatoms. The Morgan fingerprint density at radius 1 is 1.11 bits per heavy atom. The van der Waals surface area contributed by atoms with Crippen LogP contribution in [0.4, 0.5) is 0 Å². The van der Waals surface area contributed by atoms with Gasteiger partial charge >= 0.3 is 5.97 Å². The van der Waals surface area contributed by atoms with Gasteiger partial charge in [-0.05, 0) is 29.2 Å². The van der Waals surface area contributed by atoms with Crippen molar-refractivity contribution in [3.05, 3.63) is 70.8 Å². The number of carbonyl (C=O) groups is 2. The third-order valence-electron chi connectivity index (χ3n) is 6.21. The average molecular weight is 377 g/mol. The van der Waals surface area contributed by atoms with Gasteiger partial charge in [-0.3, -0.25) is 4.79 Å². The smallest absolute Gasteiger partial charge is 0.339 e. The van der Waals surface area contributed by atoms with Gasteiger partial charge in [0.05, 0.1) is 5.56 Å². The number of likely N-dealkylation sites (tertiary alicyclic amines) is 1. The lowest BCUT2D eigenvalue weighted by Crippen LogP contribution is -2.51. The highest BCUT2D eigenvalue weighted by molar-refractivity contribution is 5.96. The minimum absolute atomic E-state index is 0.0339. The van der Waals surface area contributed by atoms with Crippen LogP contribution in [-0.2, 0) is 15.8 Å². The van der Waals surface area contributed by atoms with E-state index in [0.29, 0.717) is 30.6 Å². The number of nitrogens with zero attached hydrogens (tertiary/aromatic N) is 1. The van der Waals surface area contributed by atoms with Crippen molar-refractivity contribution in [2.45, 2.75) is 45.1 Å². The molecule has 2 aliphatic heterocycles. The van der Waals surface area contributed by atoms with E-state index in [9.17, 15) is 9.59 Å². The highest BCUT2D eigenvalue weighted by atomic mass is 16.6. The standard InChI is InChI=1S/C24H27NO3/c1-16-15-25(21(26)17-9-11-18(12-10-17)23(2,3)4)14-13-24(16)20-8-6-5-7-19(20)22(27)28-24/h5-12,16H,13-15H2,1-4H3. The first-order valence-corrected chi connectivity index (χ1v) is 9.95. The van der Waals surface area contributed by atoms with E-state index in [1.807, 2.05) is 53.4 Å². The van der Waals surface area contributed by atoms with Gasteiger partial charge in [-0.15, -0.1) is 0 Å². The van der Waals surface area contributed by atoms with Crippen molar-refractivity contribution in [2.24, 2.45) is 5.92 Å². The zero-order chi connectivity index (χ0) is 20.1. The van der Waals surface area contributed by atoms with Crippen LogP contribution in [0.5, 0.6) is 0 Å². The summed E-state index contributed by atoms with van der Waals surface area (Å²) in [6, 6.07) is 15.5. The minimum atomic E-state index is -0.611. The van der Waals surface area contributed by atoms with Gasteiger partial charge in [0.2, 0.25) is 0 Å². The van der Waals surface area contributed by atoms with E-state index in [1.54, 1.807) is 0 Å². The molecule has 4 nitrogen and oxygen atoms in total. The quantitative estimate of drug-likeness (QED) is 0.686. The predicted octanol–water partition coefficient (Wildman–Crippen LogP) is 4.53. The van der Waals surface area contributed by atoms with E-state index in [-0.39, 0.29) is 23.2 Å². The number of amides is 1. The molecule has 28 heavy (non-hydrogen) atoms. The molecule has 2 aromatic rings. The van der Waals surface area contributed by atoms with Crippen LogP contribution in [-0.4, -0.2) is 29.9 Å². The first-order chi connectivity index (χ1) is 13.2. The van der Waals surface area contributed by atoms with Gasteiger partial charge < -0.3 is 9.64 Å². The van der Waals surface area contributed by atoms with E-state index in [0.717, 1.165) is 5.56 Å². The SMILES string of the molecule is CC1CN(C(=O)c2ccc(C(C)(C)C)cc2)CCC12OC(=O)c1ccccc12. The normalized spacial score (nSPS) is 24.2. The van der Waals surface area contributed by atoms with E-state index in [2.05, 4.69) is 27.7 Å². The largest absolute Gasteiger partial charge is 0.450 e. The fourth-order valence-corrected chi connectivity index (χ4v) is 4.45. The van der Waals surface area contributed by atoms with E-state index in [4.69, 9.17) is 4.74 Å². The molecule has 4 rings (SSSR count). The molecule has 1 fully saturated rings. The zero-order valence-corrected chi connectivity index (χ0v) is 17.0. The maximum absolute atomic E-state index is 13.0. The first kappa shape index (κ1) is 18.7. The molecular weight excluding hydrogens is 350 g/mol. The van der Waals surface area contributed by atoms with Crippen LogP contribution in [0.3, 0.4) is 0 Å². The lowest BCUT2D eigenvalue weighted by molar-refractivity contribution is -0.0714. The second kappa shape index (κ2) is 6.47. The Morgan fingerprint density at radius 3 is 2.43 bits per heavy atom. The number of fused-ring (bicyclic) bond motifs is 2. The maximum atomic E-state index is 13.0. The first-order valence-electron chi connectivity index (χ1n) is 9.95. The Balaban J connectivity index is 1.54. The minimum Gasteiger partial charge on any atom is -0.450 e. The van der Waals surface area contributed by atoms with Crippen molar-refractivity contribution in [3.8, 4) is 0 Å². The van der Waals surface area contributed by atoms with Crippen molar-refractivity contribution >= 4 is 11.9 Å². The summed E-state index contributed by atoms with van der Waals surface area (Å²) in [5.41, 5.74) is 3.00. The summed E-state index contributed by atoms with van der Waals surface area (Å²) in [5.74, 6) is -0.175. The van der Waals surface area contributed by atoms with Gasteiger partial charge in [0.25, 0.3) is 5.91 Å². The topological polar surface area (TPSA) is 46.6 Å². The third-order valence-corrected chi connectivity index (χ3v) is 6.21. The molecule has 0 N–H and O–H groups in total. The van der Waals surface area contributed by atoms with Gasteiger partial charge in [-0.25, -0.2) is 4.79 Å². The molecule has 1 saturated heterocycles. The second-order valence-electron chi connectivity index (χ2n) is 9.05. The van der Waals surface area contributed by atoms with Crippen molar-refractivity contribution < 1.29 is 14.3 Å². The number of piperidine rings is 1. The van der Waals surface area contributed by atoms with Gasteiger partial charge in [-0.1, -0.05) is 58.0 Å². The van der Waals surface area contributed by atoms with Crippen molar-refractivity contribution in [1.29, 1.82) is 0 Å². The van der Waals surface area contributed by atoms with Crippen molar-refractivity contribution in [3.63, 3.8) is 0 Å². The number of esters is 1. The zero-order valence-electron chi connectivity index (χ0n) is 17.0. The van der Waals surface area contributed by atoms with Crippen LogP contribution in [0.1, 0.15) is 66.0 Å². The molecule has 2 aromatic carbocycles. The molecule has 0 radical (unpaired) electrons. The fraction of sp³-hybridized carbons (Fsp3) is 0.417. The van der Waals surface area contributed by atoms with E-state index >= 15 is 0 Å². The molecule has 0 bridgehead atoms. The summed E-state index contributed by atoms with van der Waals surface area (Å²) in [6.07, 6.45) is 0.628. The van der Waals surface area contributed by atoms with Crippen LogP contribution in [0.2, 0.25) is 0 Å². The Hall–Kier alpha value is -2.62. The molecule has 0 aromatic heterocycles. The number of hydrogen-bond donors (Lipinski definition) is 0. The summed E-state index contributed by atoms with van der Waals surface area (Å²) in [5, 5.41) is 0. The molecule has 2 aliphatic rings. The molecule has 2 unspecified atom stereocenters. The molecular formula is C24H27NO3. The van der Waals surface area contributed by atoms with Gasteiger partial charge in [0.15, 0.2) is 0 Å². The van der Waals surface area contributed by atoms with Crippen LogP contribution < -0.4 is 0 Å². The summed E-state index contributed by atoms with van der Waals surface area (Å²) in [7, 11) is 0. The van der Waals surface area contributed by atoms with Gasteiger partial charge in [0, 0.05) is 36.6 Å². The Morgan fingerprint density at radius 2 is 1.79 bits per heavy atom. The van der Waals surface area contributed by atoms with E-state index in [1.165, 1.54) is 5.56 Å². The molecule has 0 saturated carbocycles. The Kier molecular flexibility index (Phi) is 4.33. The molecule has 2 heterocycles. The number of ether oxygens (including phenoxy) is 1. The summed E-state index contributed by atoms with van der Waals surface area (Å²) in [6.45, 7) is 9.70. The Bertz CT molecular complexity index is 926. The average Bonchev–Trinajstić information content (AvgIpc) is 2.96. The van der Waals surface area contributed by atoms with E-state index < -0.39 is 5.60 Å². The highest BCUT2D eigenvalue weighted by Crippen LogP contribution is 2.47. The number of hydrogen-bond acceptors (Lipinski definition) is 3. The Labute approximate surface area is 166 Å². The number of carbonyl (C=O) groups excluding carboxylic acids is 2. The predicted molar refractivity (Wildman–Crippen MR) is 108 cm³/mol. The monoisotopic (exact) mass is 377 g/mol. The molecule has 146 valence electrons. The fourth-order valence-electron chi connectivity index (χ4n) is 4.45. The highest BCUT2D eigenvalue weighted by Gasteiger charge is 2.52. The number of benzene rings is 2. The molecule has 1 amide bonds. The van der Waals surface area contributed by atoms with Crippen LogP contribution >= 0.6 is 0 Å². The summed E-state index contributed by atoms with van der Waals surface area (Å²) < 4.78 is 5.88. The second-order valence-corrected chi connectivity index (χ2v) is 9.05. The molecule has 1 spiro atoms. The third kappa shape index (κ3) is 2.92. The summed E-state index contributed by atoms with van der Waals surface area (Å²) in [4.78, 5) is 27.3. The van der Waals surface area contributed by atoms with Crippen molar-refractivity contribution in [1.82, 2.24) is 4.90 Å². The van der Waals surface area contributed by atoms with Crippen LogP contribution in [0.15, 0.2) is 48.5 Å². The summed E-state index contributed by atoms with van der Waals surface area (Å²) >= 11 is 0. The van der Waals surface area contributed by atoms with Crippen LogP contribution in [0.25, 0.3) is 0 Å². The molecule has 0 aliphatic carbocycles. The van der Waals surface area contributed by atoms with Gasteiger partial charge in [-0.2, -0.15) is 0 Å². The van der Waals surface area contributed by atoms with Crippen molar-refractivity contribution in [2.75, 3.05) is 13.1 Å². The van der Waals surface area contributed by atoms with Crippen LogP contribution in [0, 0.1) is 5.92 Å². The lowest BCUT2D eigenvalue weighted by atomic mass is 9.76. The number of rotatable bonds is 1.